The van der Waals surface area contributed by atoms with Crippen molar-refractivity contribution in [3.63, 3.8) is 0 Å². The molecule has 6 aromatic rings. The van der Waals surface area contributed by atoms with E-state index in [1.54, 1.807) is 4.90 Å². The second-order valence-corrected chi connectivity index (χ2v) is 15.2. The summed E-state index contributed by atoms with van der Waals surface area (Å²) in [6.07, 6.45) is 10.5. The zero-order chi connectivity index (χ0) is 36.1. The summed E-state index contributed by atoms with van der Waals surface area (Å²) in [5.41, 5.74) is 4.16. The second-order valence-electron chi connectivity index (χ2n) is 14.6. The van der Waals surface area contributed by atoms with Crippen molar-refractivity contribution >= 4 is 82.6 Å². The van der Waals surface area contributed by atoms with Crippen LogP contribution >= 0.6 is 15.9 Å². The lowest BCUT2D eigenvalue weighted by molar-refractivity contribution is 0.0514. The Morgan fingerprint density at radius 1 is 0.481 bits per heavy atom. The highest BCUT2D eigenvalue weighted by atomic mass is 79.9. The van der Waals surface area contributed by atoms with Gasteiger partial charge in [-0.25, -0.2) is 0 Å². The van der Waals surface area contributed by atoms with E-state index < -0.39 is 0 Å². The molecule has 0 aliphatic carbocycles. The van der Waals surface area contributed by atoms with Gasteiger partial charge < -0.3 is 0 Å². The Morgan fingerprint density at radius 2 is 0.885 bits per heavy atom. The molecule has 2 aliphatic heterocycles. The van der Waals surface area contributed by atoms with Gasteiger partial charge in [0.15, 0.2) is 0 Å². The molecule has 2 aliphatic rings. The van der Waals surface area contributed by atoms with Gasteiger partial charge in [0.25, 0.3) is 23.6 Å². The van der Waals surface area contributed by atoms with Crippen LogP contribution in [-0.2, 0) is 11.9 Å². The molecule has 0 radical (unpaired) electrons. The number of imide groups is 2. The zero-order valence-electron chi connectivity index (χ0n) is 29.9. The van der Waals surface area contributed by atoms with E-state index in [0.29, 0.717) is 33.0 Å². The number of halogens is 1. The van der Waals surface area contributed by atoms with Crippen molar-refractivity contribution in [1.29, 1.82) is 0 Å². The predicted molar refractivity (Wildman–Crippen MR) is 213 cm³/mol. The molecule has 264 valence electrons. The van der Waals surface area contributed by atoms with E-state index in [2.05, 4.69) is 29.8 Å². The minimum atomic E-state index is -0.308. The van der Waals surface area contributed by atoms with Gasteiger partial charge >= 0.3 is 0 Å². The lowest BCUT2D eigenvalue weighted by atomic mass is 9.82. The summed E-state index contributed by atoms with van der Waals surface area (Å²) in [5.74, 6) is -1.02. The number of rotatable bonds is 14. The highest BCUT2D eigenvalue weighted by Crippen LogP contribution is 2.46. The molecule has 7 heteroatoms. The SMILES string of the molecule is CCCCCCC(CCCCCC)N1C(=O)c2ccc3c4ccc5c6c(ccc(c7ccc(c2c37)C1=O)c64)C(=O)N(Cc1ccc(CBr)cc1)C5=O. The first-order chi connectivity index (χ1) is 25.4. The first-order valence-corrected chi connectivity index (χ1v) is 20.1. The third-order valence-electron chi connectivity index (χ3n) is 11.4. The van der Waals surface area contributed by atoms with Crippen molar-refractivity contribution in [1.82, 2.24) is 9.80 Å². The number of hydrogen-bond acceptors (Lipinski definition) is 4. The lowest BCUT2D eigenvalue weighted by Crippen LogP contribution is -2.47. The van der Waals surface area contributed by atoms with Gasteiger partial charge in [-0.2, -0.15) is 0 Å². The van der Waals surface area contributed by atoms with Gasteiger partial charge in [-0.05, 0) is 80.6 Å². The normalized spacial score (nSPS) is 14.5. The van der Waals surface area contributed by atoms with Crippen molar-refractivity contribution in [2.45, 2.75) is 96.0 Å². The fourth-order valence-electron chi connectivity index (χ4n) is 8.74. The number of carbonyl (C=O) groups excluding carboxylic acids is 4. The van der Waals surface area contributed by atoms with E-state index in [1.807, 2.05) is 72.8 Å². The first-order valence-electron chi connectivity index (χ1n) is 19.0. The smallest absolute Gasteiger partial charge is 0.261 e. The summed E-state index contributed by atoms with van der Waals surface area (Å²) in [6, 6.07) is 23.2. The van der Waals surface area contributed by atoms with Gasteiger partial charge in [0.1, 0.15) is 0 Å². The molecule has 6 nitrogen and oxygen atoms in total. The molecule has 0 fully saturated rings. The van der Waals surface area contributed by atoms with Crippen molar-refractivity contribution in [2.24, 2.45) is 0 Å². The van der Waals surface area contributed by atoms with Crippen LogP contribution in [-0.4, -0.2) is 39.5 Å². The van der Waals surface area contributed by atoms with Crippen LogP contribution in [0.5, 0.6) is 0 Å². The molecule has 6 aromatic carbocycles. The van der Waals surface area contributed by atoms with Crippen LogP contribution in [0.1, 0.15) is 131 Å². The van der Waals surface area contributed by atoms with E-state index in [9.17, 15) is 19.2 Å². The lowest BCUT2D eigenvalue weighted by Gasteiger charge is -2.35. The van der Waals surface area contributed by atoms with E-state index in [0.717, 1.165) is 113 Å². The van der Waals surface area contributed by atoms with Gasteiger partial charge in [-0.3, -0.25) is 29.0 Å². The topological polar surface area (TPSA) is 74.8 Å². The highest BCUT2D eigenvalue weighted by molar-refractivity contribution is 9.08. The van der Waals surface area contributed by atoms with E-state index in [-0.39, 0.29) is 36.2 Å². The standard InChI is InChI=1S/C45H43BrN2O4/c1-3-5-7-9-11-29(12-10-8-6-4-2)48-44(51)36-23-19-32-30-17-21-34-40-35(43(50)47(42(34)49)26-28-15-13-27(25-46)14-16-28)22-18-31(38(30)40)33-20-24-37(45(48)52)41(36)39(32)33/h13-24,29H,3-12,25-26H2,1-2H3. The quantitative estimate of drug-likeness (QED) is 0.0365. The predicted octanol–water partition coefficient (Wildman–Crippen LogP) is 11.3. The molecule has 0 aromatic heterocycles. The van der Waals surface area contributed by atoms with Crippen LogP contribution in [0.2, 0.25) is 0 Å². The molecular formula is C45H43BrN2O4. The number of hydrogen-bond donors (Lipinski definition) is 0. The zero-order valence-corrected chi connectivity index (χ0v) is 31.5. The number of amides is 4. The number of alkyl halides is 1. The molecule has 2 heterocycles. The minimum absolute atomic E-state index is 0.121. The van der Waals surface area contributed by atoms with Crippen LogP contribution < -0.4 is 0 Å². The van der Waals surface area contributed by atoms with Gasteiger partial charge in [0, 0.05) is 44.4 Å². The fourth-order valence-corrected chi connectivity index (χ4v) is 9.12. The van der Waals surface area contributed by atoms with Crippen molar-refractivity contribution in [2.75, 3.05) is 0 Å². The van der Waals surface area contributed by atoms with Crippen LogP contribution in [0.4, 0.5) is 0 Å². The van der Waals surface area contributed by atoms with Gasteiger partial charge in [-0.15, -0.1) is 0 Å². The Bertz CT molecular complexity index is 2270. The number of unbranched alkanes of at least 4 members (excludes halogenated alkanes) is 6. The first kappa shape index (κ1) is 34.5. The average molecular weight is 756 g/mol. The average Bonchev–Trinajstić information content (AvgIpc) is 3.17. The van der Waals surface area contributed by atoms with Crippen LogP contribution in [0, 0.1) is 0 Å². The largest absolute Gasteiger partial charge is 0.271 e. The molecule has 8 rings (SSSR count). The maximum Gasteiger partial charge on any atom is 0.261 e. The Labute approximate surface area is 312 Å². The van der Waals surface area contributed by atoms with Gasteiger partial charge in [0.05, 0.1) is 6.54 Å². The summed E-state index contributed by atoms with van der Waals surface area (Å²) in [4.78, 5) is 59.8. The Morgan fingerprint density at radius 3 is 1.29 bits per heavy atom. The van der Waals surface area contributed by atoms with E-state index in [1.165, 1.54) is 4.90 Å². The fraction of sp³-hybridized carbons (Fsp3) is 0.333. The number of fused-ring (bicyclic) bond motifs is 2. The summed E-state index contributed by atoms with van der Waals surface area (Å²) >= 11 is 3.47. The molecule has 4 amide bonds. The summed E-state index contributed by atoms with van der Waals surface area (Å²) in [6.45, 7) is 4.58. The molecule has 0 unspecified atom stereocenters. The summed E-state index contributed by atoms with van der Waals surface area (Å²) < 4.78 is 0. The Hall–Kier alpha value is -4.62. The maximum absolute atomic E-state index is 14.4. The van der Waals surface area contributed by atoms with Crippen molar-refractivity contribution in [3.8, 4) is 0 Å². The van der Waals surface area contributed by atoms with Gasteiger partial charge in [-0.1, -0.05) is 130 Å². The Kier molecular flexibility index (Phi) is 9.33. The summed E-state index contributed by atoms with van der Waals surface area (Å²) in [5, 5.41) is 7.48. The highest BCUT2D eigenvalue weighted by Gasteiger charge is 2.39. The number of benzene rings is 6. The van der Waals surface area contributed by atoms with Crippen LogP contribution in [0.3, 0.4) is 0 Å². The van der Waals surface area contributed by atoms with Crippen molar-refractivity contribution in [3.05, 3.63) is 106 Å². The molecule has 0 atom stereocenters. The third-order valence-corrected chi connectivity index (χ3v) is 12.1. The third kappa shape index (κ3) is 5.51. The number of carbonyl (C=O) groups is 4. The van der Waals surface area contributed by atoms with E-state index >= 15 is 0 Å². The molecule has 0 spiro atoms. The second kappa shape index (κ2) is 14.1. The molecule has 0 saturated carbocycles. The van der Waals surface area contributed by atoms with Crippen molar-refractivity contribution < 1.29 is 19.2 Å². The molecule has 0 saturated heterocycles. The molecular weight excluding hydrogens is 712 g/mol. The molecule has 0 N–H and O–H groups in total. The maximum atomic E-state index is 14.4. The number of nitrogens with zero attached hydrogens (tertiary/aromatic N) is 2. The molecule has 0 bridgehead atoms. The monoisotopic (exact) mass is 754 g/mol. The Balaban J connectivity index is 1.22. The van der Waals surface area contributed by atoms with Crippen LogP contribution in [0.15, 0.2) is 72.8 Å². The summed E-state index contributed by atoms with van der Waals surface area (Å²) in [7, 11) is 0. The minimum Gasteiger partial charge on any atom is -0.271 e. The molecule has 52 heavy (non-hydrogen) atoms. The van der Waals surface area contributed by atoms with Gasteiger partial charge in [0.2, 0.25) is 0 Å². The van der Waals surface area contributed by atoms with Crippen LogP contribution in [0.25, 0.3) is 43.1 Å². The van der Waals surface area contributed by atoms with E-state index in [4.69, 9.17) is 0 Å².